The summed E-state index contributed by atoms with van der Waals surface area (Å²) in [7, 11) is 0. The highest BCUT2D eigenvalue weighted by Crippen LogP contribution is 2.36. The van der Waals surface area contributed by atoms with Crippen molar-refractivity contribution in [3.8, 4) is 5.75 Å². The maximum Gasteiger partial charge on any atom is 0.268 e. The molecule has 1 amide bonds. The molecule has 2 rings (SSSR count). The number of ether oxygens (including phenoxy) is 1. The first-order chi connectivity index (χ1) is 9.58. The lowest BCUT2D eigenvalue weighted by molar-refractivity contribution is -0.125. The Balaban J connectivity index is 2.39. The van der Waals surface area contributed by atoms with Crippen LogP contribution in [0.25, 0.3) is 0 Å². The minimum absolute atomic E-state index is 0.108. The number of carbonyl (C=O) groups is 1. The molecule has 0 radical (unpaired) electrons. The fourth-order valence-electron chi connectivity index (χ4n) is 2.27. The molecule has 1 aromatic rings. The summed E-state index contributed by atoms with van der Waals surface area (Å²) in [4.78, 5) is 13.8. The number of anilines is 1. The molecule has 0 aromatic heterocycles. The molecule has 1 aliphatic heterocycles. The van der Waals surface area contributed by atoms with E-state index in [0.29, 0.717) is 30.9 Å². The second kappa shape index (κ2) is 6.07. The summed E-state index contributed by atoms with van der Waals surface area (Å²) in [6, 6.07) is 5.36. The molecule has 5 nitrogen and oxygen atoms in total. The number of fused-ring (bicyclic) bond motifs is 1. The predicted octanol–water partition coefficient (Wildman–Crippen LogP) is 1.37. The van der Waals surface area contributed by atoms with Gasteiger partial charge in [-0.2, -0.15) is 0 Å². The van der Waals surface area contributed by atoms with Crippen LogP contribution in [-0.2, 0) is 4.79 Å². The minimum Gasteiger partial charge on any atom is -0.479 e. The number of aliphatic hydroxyl groups is 1. The number of rotatable bonds is 5. The maximum absolute atomic E-state index is 12.2. The van der Waals surface area contributed by atoms with Gasteiger partial charge in [-0.15, -0.1) is 6.58 Å². The third-order valence-corrected chi connectivity index (χ3v) is 3.33. The maximum atomic E-state index is 12.2. The molecule has 0 aliphatic carbocycles. The van der Waals surface area contributed by atoms with Crippen molar-refractivity contribution in [1.29, 1.82) is 0 Å². The zero-order valence-corrected chi connectivity index (χ0v) is 11.6. The first-order valence-electron chi connectivity index (χ1n) is 6.69. The molecule has 1 heterocycles. The molecular formula is C15H20N2O3. The Bertz CT molecular complexity index is 516. The normalized spacial score (nSPS) is 19.2. The molecule has 1 aromatic carbocycles. The molecule has 0 spiro atoms. The molecule has 3 N–H and O–H groups in total. The molecule has 0 saturated heterocycles. The van der Waals surface area contributed by atoms with E-state index in [-0.39, 0.29) is 5.91 Å². The quantitative estimate of drug-likeness (QED) is 0.796. The van der Waals surface area contributed by atoms with E-state index in [9.17, 15) is 9.90 Å². The molecule has 0 fully saturated rings. The van der Waals surface area contributed by atoms with Gasteiger partial charge in [-0.1, -0.05) is 12.1 Å². The van der Waals surface area contributed by atoms with Crippen molar-refractivity contribution in [2.24, 2.45) is 5.73 Å². The van der Waals surface area contributed by atoms with E-state index in [4.69, 9.17) is 10.5 Å². The van der Waals surface area contributed by atoms with E-state index in [0.717, 1.165) is 5.56 Å². The number of nitrogens with zero attached hydrogens (tertiary/aromatic N) is 1. The van der Waals surface area contributed by atoms with Crippen molar-refractivity contribution in [2.75, 3.05) is 18.0 Å². The van der Waals surface area contributed by atoms with Crippen LogP contribution in [0.2, 0.25) is 0 Å². The monoisotopic (exact) mass is 276 g/mol. The second-order valence-corrected chi connectivity index (χ2v) is 4.82. The van der Waals surface area contributed by atoms with Crippen LogP contribution in [0.1, 0.15) is 25.0 Å². The van der Waals surface area contributed by atoms with Gasteiger partial charge in [-0.3, -0.25) is 4.79 Å². The SMILES string of the molecule is C=CCN1C(=O)C(C)Oc2ccc(C(O)CCN)cc21. The van der Waals surface area contributed by atoms with Gasteiger partial charge in [-0.25, -0.2) is 0 Å². The summed E-state index contributed by atoms with van der Waals surface area (Å²) in [5.41, 5.74) is 6.86. The Morgan fingerprint density at radius 3 is 3.00 bits per heavy atom. The van der Waals surface area contributed by atoms with Gasteiger partial charge in [-0.05, 0) is 37.6 Å². The fourth-order valence-corrected chi connectivity index (χ4v) is 2.27. The largest absolute Gasteiger partial charge is 0.479 e. The molecule has 108 valence electrons. The van der Waals surface area contributed by atoms with Gasteiger partial charge in [0, 0.05) is 6.54 Å². The molecular weight excluding hydrogens is 256 g/mol. The lowest BCUT2D eigenvalue weighted by Gasteiger charge is -2.33. The summed E-state index contributed by atoms with van der Waals surface area (Å²) < 4.78 is 5.58. The number of hydrogen-bond acceptors (Lipinski definition) is 4. The van der Waals surface area contributed by atoms with Gasteiger partial charge in [0.1, 0.15) is 5.75 Å². The molecule has 0 bridgehead atoms. The van der Waals surface area contributed by atoms with E-state index in [2.05, 4.69) is 6.58 Å². The average molecular weight is 276 g/mol. The summed E-state index contributed by atoms with van der Waals surface area (Å²) in [5.74, 6) is 0.533. The van der Waals surface area contributed by atoms with Crippen LogP contribution < -0.4 is 15.4 Å². The van der Waals surface area contributed by atoms with E-state index in [1.807, 2.05) is 0 Å². The molecule has 2 atom stereocenters. The Kier molecular flexibility index (Phi) is 4.42. The molecule has 2 unspecified atom stereocenters. The highest BCUT2D eigenvalue weighted by molar-refractivity contribution is 6.00. The minimum atomic E-state index is -0.634. The van der Waals surface area contributed by atoms with Gasteiger partial charge >= 0.3 is 0 Å². The summed E-state index contributed by atoms with van der Waals surface area (Å²) >= 11 is 0. The summed E-state index contributed by atoms with van der Waals surface area (Å²) in [5, 5.41) is 10.0. The summed E-state index contributed by atoms with van der Waals surface area (Å²) in [6.45, 7) is 6.21. The van der Waals surface area contributed by atoms with Crippen molar-refractivity contribution in [3.05, 3.63) is 36.4 Å². The van der Waals surface area contributed by atoms with Crippen LogP contribution >= 0.6 is 0 Å². The Morgan fingerprint density at radius 1 is 1.60 bits per heavy atom. The van der Waals surface area contributed by atoms with E-state index < -0.39 is 12.2 Å². The van der Waals surface area contributed by atoms with Crippen molar-refractivity contribution < 1.29 is 14.6 Å². The lowest BCUT2D eigenvalue weighted by Crippen LogP contribution is -2.44. The van der Waals surface area contributed by atoms with Crippen LogP contribution in [-0.4, -0.2) is 30.2 Å². The third kappa shape index (κ3) is 2.69. The smallest absolute Gasteiger partial charge is 0.268 e. The summed E-state index contributed by atoms with van der Waals surface area (Å²) in [6.07, 6.45) is 1.00. The van der Waals surface area contributed by atoms with Crippen molar-refractivity contribution in [3.63, 3.8) is 0 Å². The standard InChI is InChI=1S/C15H20N2O3/c1-3-8-17-12-9-11(13(18)6-7-16)4-5-14(12)20-10(2)15(17)19/h3-5,9-10,13,18H,1,6-8,16H2,2H3. The van der Waals surface area contributed by atoms with Crippen LogP contribution in [0.5, 0.6) is 5.75 Å². The highest BCUT2D eigenvalue weighted by atomic mass is 16.5. The van der Waals surface area contributed by atoms with E-state index in [1.54, 1.807) is 36.1 Å². The predicted molar refractivity (Wildman–Crippen MR) is 77.7 cm³/mol. The van der Waals surface area contributed by atoms with Crippen molar-refractivity contribution in [1.82, 2.24) is 0 Å². The van der Waals surface area contributed by atoms with Crippen LogP contribution in [0.15, 0.2) is 30.9 Å². The number of aliphatic hydroxyl groups excluding tert-OH is 1. The highest BCUT2D eigenvalue weighted by Gasteiger charge is 2.31. The molecule has 5 heteroatoms. The van der Waals surface area contributed by atoms with E-state index >= 15 is 0 Å². The first-order valence-corrected chi connectivity index (χ1v) is 6.69. The van der Waals surface area contributed by atoms with Gasteiger partial charge in [0.25, 0.3) is 5.91 Å². The second-order valence-electron chi connectivity index (χ2n) is 4.82. The fraction of sp³-hybridized carbons (Fsp3) is 0.400. The molecule has 20 heavy (non-hydrogen) atoms. The van der Waals surface area contributed by atoms with Gasteiger partial charge in [0.2, 0.25) is 0 Å². The zero-order valence-electron chi connectivity index (χ0n) is 11.6. The van der Waals surface area contributed by atoms with E-state index in [1.165, 1.54) is 0 Å². The number of amides is 1. The Hall–Kier alpha value is -1.85. The first kappa shape index (κ1) is 14.6. The Labute approximate surface area is 118 Å². The third-order valence-electron chi connectivity index (χ3n) is 3.33. The zero-order chi connectivity index (χ0) is 14.7. The van der Waals surface area contributed by atoms with Gasteiger partial charge in [0.15, 0.2) is 6.10 Å². The number of carbonyl (C=O) groups excluding carboxylic acids is 1. The van der Waals surface area contributed by atoms with Crippen LogP contribution in [0.3, 0.4) is 0 Å². The Morgan fingerprint density at radius 2 is 2.35 bits per heavy atom. The number of nitrogens with two attached hydrogens (primary N) is 1. The number of benzene rings is 1. The van der Waals surface area contributed by atoms with Gasteiger partial charge in [0.05, 0.1) is 11.8 Å². The van der Waals surface area contributed by atoms with Crippen LogP contribution in [0, 0.1) is 0 Å². The van der Waals surface area contributed by atoms with Crippen molar-refractivity contribution in [2.45, 2.75) is 25.6 Å². The van der Waals surface area contributed by atoms with Crippen LogP contribution in [0.4, 0.5) is 5.69 Å². The van der Waals surface area contributed by atoms with Crippen molar-refractivity contribution >= 4 is 11.6 Å². The number of hydrogen-bond donors (Lipinski definition) is 2. The lowest BCUT2D eigenvalue weighted by atomic mass is 10.0. The average Bonchev–Trinajstić information content (AvgIpc) is 2.44. The molecule has 1 aliphatic rings. The topological polar surface area (TPSA) is 75.8 Å². The molecule has 0 saturated carbocycles. The van der Waals surface area contributed by atoms with Gasteiger partial charge < -0.3 is 20.5 Å².